The van der Waals surface area contributed by atoms with E-state index >= 15 is 0 Å². The molecule has 1 aromatic rings. The molecule has 1 fully saturated rings. The molecule has 1 aliphatic rings. The molecule has 6 heteroatoms. The fourth-order valence-electron chi connectivity index (χ4n) is 3.72. The lowest BCUT2D eigenvalue weighted by molar-refractivity contribution is -0.174. The second kappa shape index (κ2) is 11.8. The Bertz CT molecular complexity index is 642. The van der Waals surface area contributed by atoms with Crippen LogP contribution in [-0.4, -0.2) is 65.6 Å². The normalized spacial score (nSPS) is 16.9. The SMILES string of the molecule is O=C(OCC#CCN(CCO)CCO)[C@@](O)(c1ccccc1)C1CCCCC1. The van der Waals surface area contributed by atoms with Gasteiger partial charge in [-0.3, -0.25) is 4.90 Å². The van der Waals surface area contributed by atoms with Crippen LogP contribution in [0, 0.1) is 17.8 Å². The number of ether oxygens (including phenoxy) is 1. The molecule has 0 amide bonds. The molecule has 0 unspecified atom stereocenters. The van der Waals surface area contributed by atoms with E-state index in [-0.39, 0.29) is 25.7 Å². The number of aliphatic hydroxyl groups is 3. The number of hydrogen-bond donors (Lipinski definition) is 3. The third kappa shape index (κ3) is 6.05. The van der Waals surface area contributed by atoms with E-state index in [1.54, 1.807) is 17.0 Å². The first-order valence-electron chi connectivity index (χ1n) is 9.97. The molecule has 0 aliphatic heterocycles. The molecule has 6 nitrogen and oxygen atoms in total. The summed E-state index contributed by atoms with van der Waals surface area (Å²) in [6.45, 7) is 1.08. The topological polar surface area (TPSA) is 90.2 Å². The molecule has 3 N–H and O–H groups in total. The number of benzene rings is 1. The van der Waals surface area contributed by atoms with Gasteiger partial charge in [-0.25, -0.2) is 4.79 Å². The molecule has 1 saturated carbocycles. The highest BCUT2D eigenvalue weighted by Crippen LogP contribution is 2.40. The zero-order chi connectivity index (χ0) is 20.2. The van der Waals surface area contributed by atoms with Crippen molar-refractivity contribution in [2.24, 2.45) is 5.92 Å². The second-order valence-corrected chi connectivity index (χ2v) is 7.12. The lowest BCUT2D eigenvalue weighted by Gasteiger charge is -2.36. The molecule has 154 valence electrons. The van der Waals surface area contributed by atoms with Crippen molar-refractivity contribution in [3.8, 4) is 11.8 Å². The summed E-state index contributed by atoms with van der Waals surface area (Å²) >= 11 is 0. The molecule has 1 aliphatic carbocycles. The Morgan fingerprint density at radius 2 is 1.71 bits per heavy atom. The van der Waals surface area contributed by atoms with Crippen molar-refractivity contribution < 1.29 is 24.9 Å². The third-order valence-electron chi connectivity index (χ3n) is 5.26. The van der Waals surface area contributed by atoms with Crippen LogP contribution in [0.15, 0.2) is 30.3 Å². The quantitative estimate of drug-likeness (QED) is 0.436. The summed E-state index contributed by atoms with van der Waals surface area (Å²) in [5, 5.41) is 29.4. The van der Waals surface area contributed by atoms with Crippen LogP contribution >= 0.6 is 0 Å². The highest BCUT2D eigenvalue weighted by Gasteiger charge is 2.46. The maximum absolute atomic E-state index is 12.9. The van der Waals surface area contributed by atoms with E-state index in [2.05, 4.69) is 11.8 Å². The second-order valence-electron chi connectivity index (χ2n) is 7.12. The summed E-state index contributed by atoms with van der Waals surface area (Å²) in [4.78, 5) is 14.7. The average Bonchev–Trinajstić information content (AvgIpc) is 2.74. The Morgan fingerprint density at radius 3 is 2.32 bits per heavy atom. The fourth-order valence-corrected chi connectivity index (χ4v) is 3.72. The number of aliphatic hydroxyl groups excluding tert-OH is 2. The standard InChI is InChI=1S/C22H31NO5/c24-16-14-23(15-17-25)13-7-8-18-28-21(26)22(27,19-9-3-1-4-10-19)20-11-5-2-6-12-20/h1,3-4,9-10,20,24-25,27H,2,5-6,11-18H2/t22-/m1/s1. The molecule has 0 spiro atoms. The Morgan fingerprint density at radius 1 is 1.07 bits per heavy atom. The van der Waals surface area contributed by atoms with Crippen LogP contribution in [0.1, 0.15) is 37.7 Å². The Labute approximate surface area is 167 Å². The van der Waals surface area contributed by atoms with Crippen LogP contribution in [0.25, 0.3) is 0 Å². The van der Waals surface area contributed by atoms with Crippen LogP contribution in [0.3, 0.4) is 0 Å². The summed E-state index contributed by atoms with van der Waals surface area (Å²) in [7, 11) is 0. The maximum atomic E-state index is 12.9. The van der Waals surface area contributed by atoms with Gasteiger partial charge in [0, 0.05) is 19.0 Å². The summed E-state index contributed by atoms with van der Waals surface area (Å²) in [6, 6.07) is 9.01. The van der Waals surface area contributed by atoms with Gasteiger partial charge in [0.15, 0.2) is 12.2 Å². The first-order chi connectivity index (χ1) is 13.6. The predicted octanol–water partition coefficient (Wildman–Crippen LogP) is 1.29. The van der Waals surface area contributed by atoms with Crippen LogP contribution in [0.4, 0.5) is 0 Å². The van der Waals surface area contributed by atoms with Crippen molar-refractivity contribution in [2.45, 2.75) is 37.7 Å². The minimum absolute atomic E-state index is 0.0117. The molecule has 1 aromatic carbocycles. The highest BCUT2D eigenvalue weighted by atomic mass is 16.5. The molecule has 0 saturated heterocycles. The molecule has 28 heavy (non-hydrogen) atoms. The minimum Gasteiger partial charge on any atom is -0.450 e. The largest absolute Gasteiger partial charge is 0.450 e. The maximum Gasteiger partial charge on any atom is 0.344 e. The van der Waals surface area contributed by atoms with Crippen molar-refractivity contribution in [1.82, 2.24) is 4.90 Å². The first-order valence-corrected chi connectivity index (χ1v) is 9.97. The molecule has 0 bridgehead atoms. The average molecular weight is 389 g/mol. The molecule has 0 heterocycles. The van der Waals surface area contributed by atoms with E-state index in [4.69, 9.17) is 14.9 Å². The van der Waals surface area contributed by atoms with E-state index in [9.17, 15) is 9.90 Å². The van der Waals surface area contributed by atoms with E-state index in [0.29, 0.717) is 25.2 Å². The van der Waals surface area contributed by atoms with Gasteiger partial charge in [-0.05, 0) is 18.4 Å². The van der Waals surface area contributed by atoms with Gasteiger partial charge in [-0.1, -0.05) is 61.4 Å². The highest BCUT2D eigenvalue weighted by molar-refractivity contribution is 5.81. The van der Waals surface area contributed by atoms with Crippen LogP contribution in [0.5, 0.6) is 0 Å². The van der Waals surface area contributed by atoms with E-state index in [1.807, 2.05) is 18.2 Å². The molecule has 0 radical (unpaired) electrons. The van der Waals surface area contributed by atoms with Gasteiger partial charge >= 0.3 is 5.97 Å². The summed E-state index contributed by atoms with van der Waals surface area (Å²) in [5.74, 6) is 4.85. The van der Waals surface area contributed by atoms with Gasteiger partial charge < -0.3 is 20.1 Å². The van der Waals surface area contributed by atoms with Crippen molar-refractivity contribution in [3.05, 3.63) is 35.9 Å². The molecule has 2 rings (SSSR count). The van der Waals surface area contributed by atoms with Crippen molar-refractivity contribution in [2.75, 3.05) is 39.5 Å². The number of carbonyl (C=O) groups is 1. The zero-order valence-corrected chi connectivity index (χ0v) is 16.3. The van der Waals surface area contributed by atoms with Crippen molar-refractivity contribution >= 4 is 5.97 Å². The van der Waals surface area contributed by atoms with Crippen LogP contribution in [-0.2, 0) is 15.1 Å². The summed E-state index contributed by atoms with van der Waals surface area (Å²) < 4.78 is 5.34. The van der Waals surface area contributed by atoms with Crippen molar-refractivity contribution in [3.63, 3.8) is 0 Å². The van der Waals surface area contributed by atoms with Crippen LogP contribution < -0.4 is 0 Å². The molecule has 1 atom stereocenters. The first kappa shape index (κ1) is 22.4. The lowest BCUT2D eigenvalue weighted by Crippen LogP contribution is -2.45. The minimum atomic E-state index is -1.65. The van der Waals surface area contributed by atoms with Crippen LogP contribution in [0.2, 0.25) is 0 Å². The lowest BCUT2D eigenvalue weighted by atomic mass is 9.73. The van der Waals surface area contributed by atoms with Crippen molar-refractivity contribution in [1.29, 1.82) is 0 Å². The number of rotatable bonds is 9. The van der Waals surface area contributed by atoms with E-state index in [0.717, 1.165) is 32.1 Å². The number of nitrogens with zero attached hydrogens (tertiary/aromatic N) is 1. The Kier molecular flexibility index (Phi) is 9.45. The number of hydrogen-bond acceptors (Lipinski definition) is 6. The van der Waals surface area contributed by atoms with E-state index < -0.39 is 11.6 Å². The predicted molar refractivity (Wildman–Crippen MR) is 106 cm³/mol. The van der Waals surface area contributed by atoms with Gasteiger partial charge in [0.05, 0.1) is 19.8 Å². The fraction of sp³-hybridized carbons (Fsp3) is 0.591. The number of esters is 1. The van der Waals surface area contributed by atoms with Gasteiger partial charge in [-0.15, -0.1) is 0 Å². The summed E-state index contributed by atoms with van der Waals surface area (Å²) in [5.41, 5.74) is -1.08. The molecule has 0 aromatic heterocycles. The van der Waals surface area contributed by atoms with Gasteiger partial charge in [0.2, 0.25) is 0 Å². The summed E-state index contributed by atoms with van der Waals surface area (Å²) in [6.07, 6.45) is 4.71. The number of carbonyl (C=O) groups excluding carboxylic acids is 1. The Hall–Kier alpha value is -1.91. The van der Waals surface area contributed by atoms with E-state index in [1.165, 1.54) is 0 Å². The Balaban J connectivity index is 2.01. The van der Waals surface area contributed by atoms with Gasteiger partial charge in [0.25, 0.3) is 0 Å². The molecular weight excluding hydrogens is 358 g/mol. The van der Waals surface area contributed by atoms with Gasteiger partial charge in [-0.2, -0.15) is 0 Å². The third-order valence-corrected chi connectivity index (χ3v) is 5.26. The zero-order valence-electron chi connectivity index (χ0n) is 16.3. The van der Waals surface area contributed by atoms with Gasteiger partial charge in [0.1, 0.15) is 0 Å². The smallest absolute Gasteiger partial charge is 0.344 e. The monoisotopic (exact) mass is 389 g/mol. The molecular formula is C22H31NO5.